The van der Waals surface area contributed by atoms with Crippen molar-refractivity contribution in [3.05, 3.63) is 35.8 Å². The van der Waals surface area contributed by atoms with Crippen LogP contribution in [0.3, 0.4) is 0 Å². The molecule has 1 saturated carbocycles. The van der Waals surface area contributed by atoms with Gasteiger partial charge >= 0.3 is 0 Å². The Labute approximate surface area is 128 Å². The Kier molecular flexibility index (Phi) is 4.43. The minimum absolute atomic E-state index is 0.0300. The van der Waals surface area contributed by atoms with Gasteiger partial charge < -0.3 is 15.4 Å². The zero-order chi connectivity index (χ0) is 15.5. The number of hydrogen-bond acceptors (Lipinski definition) is 2. The Morgan fingerprint density at radius 2 is 2.09 bits per heavy atom. The predicted octanol–water partition coefficient (Wildman–Crippen LogP) is 2.52. The lowest BCUT2D eigenvalue weighted by Gasteiger charge is -2.27. The maximum atomic E-state index is 13.3. The fourth-order valence-corrected chi connectivity index (χ4v) is 3.24. The van der Waals surface area contributed by atoms with Gasteiger partial charge in [0.05, 0.1) is 6.42 Å². The van der Waals surface area contributed by atoms with Crippen molar-refractivity contribution in [3.8, 4) is 0 Å². The molecule has 1 fully saturated rings. The molecular weight excluding hydrogens is 283 g/mol. The highest BCUT2D eigenvalue weighted by Gasteiger charge is 2.22. The minimum Gasteiger partial charge on any atom is -0.396 e. The van der Waals surface area contributed by atoms with Gasteiger partial charge in [-0.3, -0.25) is 4.79 Å². The van der Waals surface area contributed by atoms with Crippen LogP contribution in [0.1, 0.15) is 31.2 Å². The van der Waals surface area contributed by atoms with Crippen LogP contribution in [-0.2, 0) is 11.2 Å². The maximum absolute atomic E-state index is 13.3. The number of rotatable bonds is 4. The zero-order valence-corrected chi connectivity index (χ0v) is 12.4. The Morgan fingerprint density at radius 3 is 2.82 bits per heavy atom. The average Bonchev–Trinajstić information content (AvgIpc) is 2.90. The van der Waals surface area contributed by atoms with E-state index in [2.05, 4.69) is 10.3 Å². The lowest BCUT2D eigenvalue weighted by Crippen LogP contribution is -2.38. The van der Waals surface area contributed by atoms with Crippen molar-refractivity contribution in [2.45, 2.75) is 38.1 Å². The van der Waals surface area contributed by atoms with Crippen LogP contribution < -0.4 is 5.32 Å². The number of benzene rings is 1. The number of aliphatic hydroxyl groups is 1. The molecule has 1 aliphatic rings. The SMILES string of the molecule is O=C(Cc1c[nH]c2ccc(F)cc12)NC1CCC(CO)CC1. The summed E-state index contributed by atoms with van der Waals surface area (Å²) in [5.74, 6) is 0.0541. The summed E-state index contributed by atoms with van der Waals surface area (Å²) < 4.78 is 13.3. The van der Waals surface area contributed by atoms with Crippen molar-refractivity contribution >= 4 is 16.8 Å². The molecule has 0 atom stereocenters. The number of aromatic amines is 1. The third-order valence-electron chi connectivity index (χ3n) is 4.55. The Balaban J connectivity index is 1.60. The van der Waals surface area contributed by atoms with Gasteiger partial charge in [0.2, 0.25) is 5.91 Å². The number of nitrogens with one attached hydrogen (secondary N) is 2. The molecule has 2 aromatic rings. The lowest BCUT2D eigenvalue weighted by molar-refractivity contribution is -0.121. The molecule has 0 spiro atoms. The van der Waals surface area contributed by atoms with Gasteiger partial charge in [0.25, 0.3) is 0 Å². The number of hydrogen-bond donors (Lipinski definition) is 3. The molecule has 0 radical (unpaired) electrons. The number of aromatic nitrogens is 1. The van der Waals surface area contributed by atoms with Crippen molar-refractivity contribution in [1.82, 2.24) is 10.3 Å². The molecule has 3 rings (SSSR count). The molecule has 1 aromatic carbocycles. The van der Waals surface area contributed by atoms with Crippen LogP contribution in [0, 0.1) is 11.7 Å². The molecule has 22 heavy (non-hydrogen) atoms. The summed E-state index contributed by atoms with van der Waals surface area (Å²) >= 11 is 0. The Bertz CT molecular complexity index is 660. The Morgan fingerprint density at radius 1 is 1.32 bits per heavy atom. The van der Waals surface area contributed by atoms with Gasteiger partial charge in [-0.15, -0.1) is 0 Å². The first-order chi connectivity index (χ1) is 10.7. The summed E-state index contributed by atoms with van der Waals surface area (Å²) in [6.45, 7) is 0.238. The Hall–Kier alpha value is -1.88. The summed E-state index contributed by atoms with van der Waals surface area (Å²) in [5, 5.41) is 12.9. The van der Waals surface area contributed by atoms with Gasteiger partial charge in [-0.2, -0.15) is 0 Å². The molecule has 1 heterocycles. The molecular formula is C17H21FN2O2. The minimum atomic E-state index is -0.295. The molecule has 0 aliphatic heterocycles. The van der Waals surface area contributed by atoms with E-state index in [1.54, 1.807) is 12.3 Å². The standard InChI is InChI=1S/C17H21FN2O2/c18-13-3-6-16-15(8-13)12(9-19-16)7-17(22)20-14-4-1-11(10-21)2-5-14/h3,6,8-9,11,14,19,21H,1-2,4-5,7,10H2,(H,20,22). The van der Waals surface area contributed by atoms with E-state index in [1.807, 2.05) is 0 Å². The van der Waals surface area contributed by atoms with Crippen molar-refractivity contribution in [3.63, 3.8) is 0 Å². The van der Waals surface area contributed by atoms with Crippen molar-refractivity contribution in [2.75, 3.05) is 6.61 Å². The summed E-state index contributed by atoms with van der Waals surface area (Å²) in [7, 11) is 0. The van der Waals surface area contributed by atoms with Crippen molar-refractivity contribution in [2.24, 2.45) is 5.92 Å². The van der Waals surface area contributed by atoms with Crippen LogP contribution >= 0.6 is 0 Å². The van der Waals surface area contributed by atoms with E-state index in [4.69, 9.17) is 5.11 Å². The van der Waals surface area contributed by atoms with E-state index in [-0.39, 0.29) is 30.8 Å². The molecule has 3 N–H and O–H groups in total. The molecule has 0 bridgehead atoms. The van der Waals surface area contributed by atoms with Crippen molar-refractivity contribution in [1.29, 1.82) is 0 Å². The molecule has 1 aromatic heterocycles. The predicted molar refractivity (Wildman–Crippen MR) is 82.9 cm³/mol. The molecule has 5 heteroatoms. The van der Waals surface area contributed by atoms with E-state index < -0.39 is 0 Å². The molecule has 118 valence electrons. The number of aliphatic hydroxyl groups excluding tert-OH is 1. The summed E-state index contributed by atoms with van der Waals surface area (Å²) in [6, 6.07) is 4.74. The van der Waals surface area contributed by atoms with E-state index in [0.717, 1.165) is 42.1 Å². The first kappa shape index (κ1) is 15.0. The van der Waals surface area contributed by atoms with Gasteiger partial charge in [-0.05, 0) is 55.4 Å². The molecule has 1 amide bonds. The van der Waals surface area contributed by atoms with Crippen LogP contribution in [-0.4, -0.2) is 28.6 Å². The van der Waals surface area contributed by atoms with Gasteiger partial charge in [0, 0.05) is 29.7 Å². The van der Waals surface area contributed by atoms with Crippen molar-refractivity contribution < 1.29 is 14.3 Å². The number of carbonyl (C=O) groups excluding carboxylic acids is 1. The van der Waals surface area contributed by atoms with Gasteiger partial charge in [0.15, 0.2) is 0 Å². The summed E-state index contributed by atoms with van der Waals surface area (Å²) in [6.07, 6.45) is 5.77. The van der Waals surface area contributed by atoms with Crippen LogP contribution in [0.15, 0.2) is 24.4 Å². The third-order valence-corrected chi connectivity index (χ3v) is 4.55. The van der Waals surface area contributed by atoms with Crippen LogP contribution in [0.2, 0.25) is 0 Å². The number of fused-ring (bicyclic) bond motifs is 1. The van der Waals surface area contributed by atoms with Gasteiger partial charge in [0.1, 0.15) is 5.82 Å². The van der Waals surface area contributed by atoms with E-state index in [1.165, 1.54) is 12.1 Å². The lowest BCUT2D eigenvalue weighted by atomic mass is 9.86. The van der Waals surface area contributed by atoms with Crippen LogP contribution in [0.4, 0.5) is 4.39 Å². The van der Waals surface area contributed by atoms with E-state index in [0.29, 0.717) is 5.92 Å². The smallest absolute Gasteiger partial charge is 0.224 e. The number of halogens is 1. The van der Waals surface area contributed by atoms with Gasteiger partial charge in [-0.25, -0.2) is 4.39 Å². The number of amides is 1. The second-order valence-electron chi connectivity index (χ2n) is 6.15. The molecule has 0 saturated heterocycles. The fourth-order valence-electron chi connectivity index (χ4n) is 3.24. The second-order valence-corrected chi connectivity index (χ2v) is 6.15. The maximum Gasteiger partial charge on any atom is 0.224 e. The van der Waals surface area contributed by atoms with E-state index >= 15 is 0 Å². The largest absolute Gasteiger partial charge is 0.396 e. The molecule has 4 nitrogen and oxygen atoms in total. The fraction of sp³-hybridized carbons (Fsp3) is 0.471. The number of H-pyrrole nitrogens is 1. The highest BCUT2D eigenvalue weighted by Crippen LogP contribution is 2.24. The number of carbonyl (C=O) groups is 1. The zero-order valence-electron chi connectivity index (χ0n) is 12.4. The summed E-state index contributed by atoms with van der Waals surface area (Å²) in [4.78, 5) is 15.3. The topological polar surface area (TPSA) is 65.1 Å². The van der Waals surface area contributed by atoms with Crippen LogP contribution in [0.5, 0.6) is 0 Å². The highest BCUT2D eigenvalue weighted by molar-refractivity contribution is 5.89. The average molecular weight is 304 g/mol. The normalized spacial score (nSPS) is 21.9. The quantitative estimate of drug-likeness (QED) is 0.812. The third kappa shape index (κ3) is 3.30. The highest BCUT2D eigenvalue weighted by atomic mass is 19.1. The monoisotopic (exact) mass is 304 g/mol. The first-order valence-electron chi connectivity index (χ1n) is 7.81. The second kappa shape index (κ2) is 6.48. The summed E-state index contributed by atoms with van der Waals surface area (Å²) in [5.41, 5.74) is 1.66. The molecule has 1 aliphatic carbocycles. The first-order valence-corrected chi connectivity index (χ1v) is 7.81. The van der Waals surface area contributed by atoms with Crippen LogP contribution in [0.25, 0.3) is 10.9 Å². The molecule has 0 unspecified atom stereocenters. The van der Waals surface area contributed by atoms with Gasteiger partial charge in [-0.1, -0.05) is 0 Å². The van der Waals surface area contributed by atoms with E-state index in [9.17, 15) is 9.18 Å².